The number of rotatable bonds is 8. The molecule has 4 aromatic rings. The minimum atomic E-state index is 0.107. The summed E-state index contributed by atoms with van der Waals surface area (Å²) in [5.41, 5.74) is 8.07. The maximum Gasteiger partial charge on any atom is -0.00204 e. The van der Waals surface area contributed by atoms with E-state index in [9.17, 15) is 0 Å². The topological polar surface area (TPSA) is 0 Å². The monoisotopic (exact) mass is 486 g/mol. The van der Waals surface area contributed by atoms with Gasteiger partial charge in [0.1, 0.15) is 0 Å². The molecule has 0 fully saturated rings. The van der Waals surface area contributed by atoms with Crippen LogP contribution in [0.5, 0.6) is 0 Å². The zero-order chi connectivity index (χ0) is 26.8. The minimum absolute atomic E-state index is 0.107. The minimum Gasteiger partial charge on any atom is -0.0991 e. The fourth-order valence-electron chi connectivity index (χ4n) is 5.19. The van der Waals surface area contributed by atoms with Crippen molar-refractivity contribution < 1.29 is 0 Å². The van der Waals surface area contributed by atoms with Gasteiger partial charge in [-0.05, 0) is 97.7 Å². The lowest BCUT2D eigenvalue weighted by Crippen LogP contribution is -2.15. The van der Waals surface area contributed by atoms with E-state index in [0.29, 0.717) is 0 Å². The quantitative estimate of drug-likeness (QED) is 0.172. The third kappa shape index (κ3) is 4.95. The van der Waals surface area contributed by atoms with Crippen LogP contribution in [0.2, 0.25) is 0 Å². The van der Waals surface area contributed by atoms with Crippen LogP contribution in [-0.2, 0) is 10.8 Å². The van der Waals surface area contributed by atoms with E-state index in [2.05, 4.69) is 140 Å². The molecular formula is C37H42. The Kier molecular flexibility index (Phi) is 7.60. The van der Waals surface area contributed by atoms with Crippen molar-refractivity contribution in [2.45, 2.75) is 72.1 Å². The largest absolute Gasteiger partial charge is 0.0991 e. The number of benzene rings is 4. The molecule has 0 amide bonds. The Bertz CT molecular complexity index is 1490. The van der Waals surface area contributed by atoms with Gasteiger partial charge in [0.25, 0.3) is 0 Å². The number of fused-ring (bicyclic) bond motifs is 3. The summed E-state index contributed by atoms with van der Waals surface area (Å²) in [6.45, 7) is 20.0. The molecule has 0 saturated heterocycles. The summed E-state index contributed by atoms with van der Waals surface area (Å²) in [5, 5.41) is 5.26. The van der Waals surface area contributed by atoms with Crippen LogP contribution in [0.4, 0.5) is 0 Å². The molecule has 0 saturated carbocycles. The van der Waals surface area contributed by atoms with Crippen molar-refractivity contribution in [3.05, 3.63) is 114 Å². The molecular weight excluding hydrogens is 444 g/mol. The summed E-state index contributed by atoms with van der Waals surface area (Å²) in [4.78, 5) is 0. The average molecular weight is 487 g/mol. The number of hydrogen-bond donors (Lipinski definition) is 0. The maximum atomic E-state index is 3.94. The fraction of sp³-hybridized carbons (Fsp3) is 0.297. The van der Waals surface area contributed by atoms with Crippen molar-refractivity contribution in [3.63, 3.8) is 0 Å². The highest BCUT2D eigenvalue weighted by Crippen LogP contribution is 2.45. The van der Waals surface area contributed by atoms with Crippen molar-refractivity contribution in [3.8, 4) is 11.1 Å². The number of hydrogen-bond acceptors (Lipinski definition) is 0. The Morgan fingerprint density at radius 3 is 1.78 bits per heavy atom. The molecule has 0 heterocycles. The summed E-state index contributed by atoms with van der Waals surface area (Å²) >= 11 is 0. The van der Waals surface area contributed by atoms with Gasteiger partial charge in [-0.1, -0.05) is 127 Å². The van der Waals surface area contributed by atoms with E-state index < -0.39 is 0 Å². The predicted molar refractivity (Wildman–Crippen MR) is 167 cm³/mol. The molecule has 0 heteroatoms. The van der Waals surface area contributed by atoms with Crippen molar-refractivity contribution >= 4 is 27.1 Å². The highest BCUT2D eigenvalue weighted by molar-refractivity contribution is 6.20. The molecule has 4 rings (SSSR count). The fourth-order valence-corrected chi connectivity index (χ4v) is 5.19. The van der Waals surface area contributed by atoms with Gasteiger partial charge in [-0.15, -0.1) is 0 Å². The highest BCUT2D eigenvalue weighted by atomic mass is 14.3. The molecule has 190 valence electrons. The second-order valence-electron chi connectivity index (χ2n) is 11.5. The molecule has 0 atom stereocenters. The lowest BCUT2D eigenvalue weighted by molar-refractivity contribution is 0.506. The zero-order valence-corrected chi connectivity index (χ0v) is 23.8. The van der Waals surface area contributed by atoms with Crippen LogP contribution < -0.4 is 0 Å². The van der Waals surface area contributed by atoms with Crippen LogP contribution in [0.25, 0.3) is 38.2 Å². The van der Waals surface area contributed by atoms with Gasteiger partial charge in [-0.25, -0.2) is 0 Å². The molecule has 4 aromatic carbocycles. The zero-order valence-electron chi connectivity index (χ0n) is 23.8. The molecule has 0 aliphatic heterocycles. The molecule has 0 nitrogen and oxygen atoms in total. The van der Waals surface area contributed by atoms with E-state index in [-0.39, 0.29) is 10.8 Å². The van der Waals surface area contributed by atoms with Crippen LogP contribution >= 0.6 is 0 Å². The molecule has 0 unspecified atom stereocenters. The second-order valence-corrected chi connectivity index (χ2v) is 11.5. The molecule has 0 aromatic heterocycles. The average Bonchev–Trinajstić information content (AvgIpc) is 2.93. The summed E-state index contributed by atoms with van der Waals surface area (Å²) in [7, 11) is 0. The first-order valence-electron chi connectivity index (χ1n) is 13.7. The SMILES string of the molecule is C=C/C=C\C(=C/C)c1c(-c2ccccc2)c2cc(C(C)(C)CC)ccc2c2ccc(C(C)(C)CC)cc12. The van der Waals surface area contributed by atoms with Gasteiger partial charge in [0, 0.05) is 0 Å². The summed E-state index contributed by atoms with van der Waals surface area (Å²) in [5.74, 6) is 0. The second kappa shape index (κ2) is 10.5. The lowest BCUT2D eigenvalue weighted by Gasteiger charge is -2.27. The van der Waals surface area contributed by atoms with Crippen LogP contribution in [0.15, 0.2) is 97.6 Å². The lowest BCUT2D eigenvalue weighted by atomic mass is 9.77. The first-order chi connectivity index (χ1) is 17.7. The van der Waals surface area contributed by atoms with Crippen molar-refractivity contribution in [2.24, 2.45) is 0 Å². The van der Waals surface area contributed by atoms with Crippen molar-refractivity contribution in [1.29, 1.82) is 0 Å². The van der Waals surface area contributed by atoms with Gasteiger partial charge in [0.05, 0.1) is 0 Å². The van der Waals surface area contributed by atoms with E-state index in [1.54, 1.807) is 0 Å². The molecule has 0 spiro atoms. The van der Waals surface area contributed by atoms with E-state index in [0.717, 1.165) is 12.8 Å². The Hall–Kier alpha value is -3.38. The molecule has 0 bridgehead atoms. The van der Waals surface area contributed by atoms with Gasteiger partial charge in [0.15, 0.2) is 0 Å². The first-order valence-corrected chi connectivity index (χ1v) is 13.7. The van der Waals surface area contributed by atoms with Crippen LogP contribution in [0.1, 0.15) is 78.0 Å². The summed E-state index contributed by atoms with van der Waals surface area (Å²) < 4.78 is 0. The van der Waals surface area contributed by atoms with Crippen LogP contribution in [-0.4, -0.2) is 0 Å². The van der Waals surface area contributed by atoms with E-state index in [1.165, 1.54) is 54.9 Å². The van der Waals surface area contributed by atoms with Gasteiger partial charge >= 0.3 is 0 Å². The Balaban J connectivity index is 2.28. The highest BCUT2D eigenvalue weighted by Gasteiger charge is 2.24. The normalized spacial score (nSPS) is 13.1. The Morgan fingerprint density at radius 2 is 1.27 bits per heavy atom. The summed E-state index contributed by atoms with van der Waals surface area (Å²) in [6.07, 6.45) is 10.5. The van der Waals surface area contributed by atoms with E-state index >= 15 is 0 Å². The van der Waals surface area contributed by atoms with E-state index in [4.69, 9.17) is 0 Å². The van der Waals surface area contributed by atoms with Gasteiger partial charge < -0.3 is 0 Å². The van der Waals surface area contributed by atoms with E-state index in [1.807, 2.05) is 6.08 Å². The third-order valence-electron chi connectivity index (χ3n) is 8.52. The Morgan fingerprint density at radius 1 is 0.730 bits per heavy atom. The van der Waals surface area contributed by atoms with Gasteiger partial charge in [-0.2, -0.15) is 0 Å². The summed E-state index contributed by atoms with van der Waals surface area (Å²) in [6, 6.07) is 25.2. The van der Waals surface area contributed by atoms with Crippen molar-refractivity contribution in [1.82, 2.24) is 0 Å². The number of allylic oxidation sites excluding steroid dienone is 5. The van der Waals surface area contributed by atoms with Gasteiger partial charge in [-0.3, -0.25) is 0 Å². The third-order valence-corrected chi connectivity index (χ3v) is 8.52. The van der Waals surface area contributed by atoms with Gasteiger partial charge in [0.2, 0.25) is 0 Å². The van der Waals surface area contributed by atoms with Crippen molar-refractivity contribution in [2.75, 3.05) is 0 Å². The standard InChI is InChI=1S/C37H42/c1-9-13-17-26(10-2)34-32-24-28(36(5,6)11-3)20-22-30(32)31-23-21-29(37(7,8)12-4)25-33(31)35(34)27-18-15-14-16-19-27/h9-10,13-25H,1,11-12H2,2-8H3/b17-13-,26-10+. The Labute approximate surface area is 224 Å². The first kappa shape index (κ1) is 26.7. The smallest absolute Gasteiger partial charge is 0.00204 e. The van der Waals surface area contributed by atoms with Crippen LogP contribution in [0, 0.1) is 0 Å². The molecule has 0 radical (unpaired) electrons. The molecule has 37 heavy (non-hydrogen) atoms. The van der Waals surface area contributed by atoms with Crippen LogP contribution in [0.3, 0.4) is 0 Å². The molecule has 0 aliphatic rings. The molecule has 0 aliphatic carbocycles. The molecule has 0 N–H and O–H groups in total. The maximum absolute atomic E-state index is 3.94. The predicted octanol–water partition coefficient (Wildman–Crippen LogP) is 11.2.